The maximum Gasteiger partial charge on any atom is 0.309 e. The minimum Gasteiger partial charge on any atom is -0.455 e. The van der Waals surface area contributed by atoms with Gasteiger partial charge in [0.2, 0.25) is 10.0 Å². The molecule has 0 aromatic heterocycles. The van der Waals surface area contributed by atoms with Gasteiger partial charge in [0.05, 0.1) is 10.8 Å². The number of rotatable bonds is 8. The molecule has 0 atom stereocenters. The molecule has 1 aromatic rings. The van der Waals surface area contributed by atoms with Crippen LogP contribution >= 0.6 is 0 Å². The van der Waals surface area contributed by atoms with Gasteiger partial charge in [0.25, 0.3) is 5.91 Å². The summed E-state index contributed by atoms with van der Waals surface area (Å²) in [5, 5.41) is 0. The van der Waals surface area contributed by atoms with Gasteiger partial charge in [0, 0.05) is 31.7 Å². The zero-order valence-electron chi connectivity index (χ0n) is 17.1. The van der Waals surface area contributed by atoms with Crippen LogP contribution in [-0.4, -0.2) is 68.1 Å². The molecule has 2 rings (SSSR count). The van der Waals surface area contributed by atoms with Crippen molar-refractivity contribution in [3.8, 4) is 0 Å². The molecule has 0 bridgehead atoms. The van der Waals surface area contributed by atoms with E-state index in [2.05, 4.69) is 0 Å². The number of hydrogen-bond donors (Lipinski definition) is 0. The molecule has 29 heavy (non-hydrogen) atoms. The fraction of sp³-hybridized carbons (Fsp3) is 0.550. The molecule has 0 saturated carbocycles. The third kappa shape index (κ3) is 5.63. The predicted octanol–water partition coefficient (Wildman–Crippen LogP) is 1.70. The number of piperidine rings is 1. The topological polar surface area (TPSA) is 101 Å². The number of carbonyl (C=O) groups is 3. The first-order valence-corrected chi connectivity index (χ1v) is 11.2. The Kier molecular flexibility index (Phi) is 7.92. The molecular formula is C20H28N2O6S. The van der Waals surface area contributed by atoms with Crippen molar-refractivity contribution in [1.29, 1.82) is 0 Å². The molecule has 160 valence electrons. The van der Waals surface area contributed by atoms with Crippen LogP contribution in [0.15, 0.2) is 29.2 Å². The third-order valence-corrected chi connectivity index (χ3v) is 7.01. The molecule has 1 aliphatic rings. The lowest BCUT2D eigenvalue weighted by Gasteiger charge is -2.30. The van der Waals surface area contributed by atoms with E-state index in [-0.39, 0.29) is 36.3 Å². The van der Waals surface area contributed by atoms with E-state index in [9.17, 15) is 22.8 Å². The van der Waals surface area contributed by atoms with Crippen LogP contribution in [-0.2, 0) is 24.3 Å². The number of sulfonamides is 1. The lowest BCUT2D eigenvalue weighted by molar-refractivity contribution is -0.156. The van der Waals surface area contributed by atoms with Gasteiger partial charge < -0.3 is 9.64 Å². The van der Waals surface area contributed by atoms with Gasteiger partial charge in [-0.3, -0.25) is 14.4 Å². The zero-order chi connectivity index (χ0) is 21.6. The predicted molar refractivity (Wildman–Crippen MR) is 107 cm³/mol. The number of benzene rings is 1. The van der Waals surface area contributed by atoms with E-state index in [1.165, 1.54) is 23.4 Å². The maximum absolute atomic E-state index is 12.8. The largest absolute Gasteiger partial charge is 0.455 e. The number of ketones is 1. The van der Waals surface area contributed by atoms with E-state index in [4.69, 9.17) is 4.74 Å². The first kappa shape index (κ1) is 23.0. The molecule has 0 unspecified atom stereocenters. The van der Waals surface area contributed by atoms with Crippen LogP contribution in [0, 0.1) is 5.92 Å². The van der Waals surface area contributed by atoms with Crippen molar-refractivity contribution in [2.45, 2.75) is 38.5 Å². The highest BCUT2D eigenvalue weighted by Gasteiger charge is 2.33. The first-order chi connectivity index (χ1) is 13.7. The van der Waals surface area contributed by atoms with Crippen LogP contribution in [0.4, 0.5) is 0 Å². The van der Waals surface area contributed by atoms with Gasteiger partial charge in [-0.2, -0.15) is 4.31 Å². The van der Waals surface area contributed by atoms with Crippen molar-refractivity contribution in [1.82, 2.24) is 9.21 Å². The van der Waals surface area contributed by atoms with Gasteiger partial charge in [-0.1, -0.05) is 12.1 Å². The van der Waals surface area contributed by atoms with E-state index in [1.807, 2.05) is 13.8 Å². The molecular weight excluding hydrogens is 396 g/mol. The minimum atomic E-state index is -3.74. The number of hydrogen-bond acceptors (Lipinski definition) is 6. The molecule has 9 heteroatoms. The second-order valence-corrected chi connectivity index (χ2v) is 8.87. The van der Waals surface area contributed by atoms with E-state index in [0.717, 1.165) is 0 Å². The van der Waals surface area contributed by atoms with Crippen molar-refractivity contribution >= 4 is 27.7 Å². The molecule has 1 saturated heterocycles. The second kappa shape index (κ2) is 9.98. The van der Waals surface area contributed by atoms with Gasteiger partial charge >= 0.3 is 5.97 Å². The highest BCUT2D eigenvalue weighted by Crippen LogP contribution is 2.25. The SMILES string of the molecule is CCN(CC)C(=O)COC(=O)C1CCN(S(=O)(=O)c2cccc(C(C)=O)c2)CC1. The minimum absolute atomic E-state index is 0.0658. The number of nitrogens with zero attached hydrogens (tertiary/aromatic N) is 2. The number of ether oxygens (including phenoxy) is 1. The van der Waals surface area contributed by atoms with E-state index >= 15 is 0 Å². The Morgan fingerprint density at radius 3 is 2.31 bits per heavy atom. The Balaban J connectivity index is 1.94. The molecule has 1 aromatic carbocycles. The van der Waals surface area contributed by atoms with Crippen LogP contribution in [0.1, 0.15) is 44.0 Å². The zero-order valence-corrected chi connectivity index (χ0v) is 17.9. The number of carbonyl (C=O) groups excluding carboxylic acids is 3. The van der Waals surface area contributed by atoms with Gasteiger partial charge in [-0.15, -0.1) is 0 Å². The van der Waals surface area contributed by atoms with Crippen molar-refractivity contribution < 1.29 is 27.5 Å². The summed E-state index contributed by atoms with van der Waals surface area (Å²) in [5.74, 6) is -1.35. The van der Waals surface area contributed by atoms with Gasteiger partial charge in [-0.05, 0) is 45.7 Å². The smallest absolute Gasteiger partial charge is 0.309 e. The lowest BCUT2D eigenvalue weighted by atomic mass is 9.98. The summed E-state index contributed by atoms with van der Waals surface area (Å²) in [6, 6.07) is 5.95. The Labute approximate surface area is 171 Å². The molecule has 1 aliphatic heterocycles. The fourth-order valence-corrected chi connectivity index (χ4v) is 4.79. The fourth-order valence-electron chi connectivity index (χ4n) is 3.27. The highest BCUT2D eigenvalue weighted by atomic mass is 32.2. The summed E-state index contributed by atoms with van der Waals surface area (Å²) in [6.45, 7) is 6.25. The van der Waals surface area contributed by atoms with Gasteiger partial charge in [-0.25, -0.2) is 8.42 Å². The average molecular weight is 425 g/mol. The normalized spacial score (nSPS) is 15.7. The quantitative estimate of drug-likeness (QED) is 0.465. The monoisotopic (exact) mass is 424 g/mol. The van der Waals surface area contributed by atoms with Crippen molar-refractivity contribution in [2.24, 2.45) is 5.92 Å². The van der Waals surface area contributed by atoms with Crippen LogP contribution in [0.3, 0.4) is 0 Å². The summed E-state index contributed by atoms with van der Waals surface area (Å²) in [6.07, 6.45) is 0.647. The summed E-state index contributed by atoms with van der Waals surface area (Å²) < 4.78 is 32.1. The molecule has 1 amide bonds. The Hall–Kier alpha value is -2.26. The maximum atomic E-state index is 12.8. The average Bonchev–Trinajstić information content (AvgIpc) is 2.73. The van der Waals surface area contributed by atoms with Crippen molar-refractivity contribution in [3.05, 3.63) is 29.8 Å². The highest BCUT2D eigenvalue weighted by molar-refractivity contribution is 7.89. The Morgan fingerprint density at radius 1 is 1.14 bits per heavy atom. The third-order valence-electron chi connectivity index (χ3n) is 5.12. The first-order valence-electron chi connectivity index (χ1n) is 9.76. The number of amides is 1. The van der Waals surface area contributed by atoms with Crippen LogP contribution in [0.25, 0.3) is 0 Å². The number of likely N-dealkylation sites (N-methyl/N-ethyl adjacent to an activating group) is 1. The standard InChI is InChI=1S/C20H28N2O6S/c1-4-21(5-2)19(24)14-28-20(25)16-9-11-22(12-10-16)29(26,27)18-8-6-7-17(13-18)15(3)23/h6-8,13,16H,4-5,9-12,14H2,1-3H3. The summed E-state index contributed by atoms with van der Waals surface area (Å²) in [7, 11) is -3.74. The van der Waals surface area contributed by atoms with E-state index in [1.54, 1.807) is 17.0 Å². The molecule has 0 aliphatic carbocycles. The van der Waals surface area contributed by atoms with Crippen LogP contribution in [0.5, 0.6) is 0 Å². The number of Topliss-reactive ketones (excluding diaryl/α,β-unsaturated/α-hetero) is 1. The molecule has 1 fully saturated rings. The van der Waals surface area contributed by atoms with E-state index < -0.39 is 21.9 Å². The number of esters is 1. The van der Waals surface area contributed by atoms with Crippen molar-refractivity contribution in [3.63, 3.8) is 0 Å². The summed E-state index contributed by atoms with van der Waals surface area (Å²) in [4.78, 5) is 37.4. The molecule has 0 radical (unpaired) electrons. The molecule has 8 nitrogen and oxygen atoms in total. The molecule has 0 spiro atoms. The molecule has 0 N–H and O–H groups in total. The summed E-state index contributed by atoms with van der Waals surface area (Å²) in [5.41, 5.74) is 0.336. The van der Waals surface area contributed by atoms with Gasteiger partial charge in [0.1, 0.15) is 0 Å². The Morgan fingerprint density at radius 2 is 1.76 bits per heavy atom. The van der Waals surface area contributed by atoms with E-state index in [0.29, 0.717) is 31.5 Å². The Bertz CT molecular complexity index is 855. The molecule has 1 heterocycles. The van der Waals surface area contributed by atoms with Crippen molar-refractivity contribution in [2.75, 3.05) is 32.8 Å². The lowest BCUT2D eigenvalue weighted by Crippen LogP contribution is -2.41. The van der Waals surface area contributed by atoms with Gasteiger partial charge in [0.15, 0.2) is 12.4 Å². The van der Waals surface area contributed by atoms with Crippen LogP contribution in [0.2, 0.25) is 0 Å². The van der Waals surface area contributed by atoms with Crippen LogP contribution < -0.4 is 0 Å². The second-order valence-electron chi connectivity index (χ2n) is 6.94. The summed E-state index contributed by atoms with van der Waals surface area (Å²) >= 11 is 0.